The van der Waals surface area contributed by atoms with Crippen molar-refractivity contribution in [3.63, 3.8) is 0 Å². The molecule has 0 saturated heterocycles. The molecule has 2 aromatic carbocycles. The third-order valence-electron chi connectivity index (χ3n) is 4.25. The normalized spacial score (nSPS) is 11.1. The van der Waals surface area contributed by atoms with Gasteiger partial charge in [-0.15, -0.1) is 11.3 Å². The molecule has 3 rings (SSSR count). The van der Waals surface area contributed by atoms with E-state index in [-0.39, 0.29) is 16.2 Å². The van der Waals surface area contributed by atoms with E-state index in [1.165, 1.54) is 23.5 Å². The van der Waals surface area contributed by atoms with Gasteiger partial charge in [-0.25, -0.2) is 13.4 Å². The fraction of sp³-hybridized carbons (Fsp3) is 0.200. The number of amides is 1. The number of sulfone groups is 1. The van der Waals surface area contributed by atoms with Gasteiger partial charge < -0.3 is 9.47 Å². The largest absolute Gasteiger partial charge is 0.493 e. The third-order valence-corrected chi connectivity index (χ3v) is 6.79. The number of ether oxygens (including phenoxy) is 2. The summed E-state index contributed by atoms with van der Waals surface area (Å²) in [6, 6.07) is 11.6. The molecule has 29 heavy (non-hydrogen) atoms. The average molecular weight is 433 g/mol. The molecular formula is C20H20N2O5S2. The molecule has 1 amide bonds. The molecule has 0 aliphatic carbocycles. The molecule has 152 valence electrons. The average Bonchev–Trinajstić information content (AvgIpc) is 3.21. The number of carbonyl (C=O) groups is 1. The second-order valence-corrected chi connectivity index (χ2v) is 9.07. The van der Waals surface area contributed by atoms with E-state index in [4.69, 9.17) is 9.47 Å². The molecule has 9 heteroatoms. The first-order chi connectivity index (χ1) is 13.9. The Hall–Kier alpha value is -2.91. The maximum absolute atomic E-state index is 12.7. The van der Waals surface area contributed by atoms with Crippen molar-refractivity contribution in [1.82, 2.24) is 4.98 Å². The van der Waals surface area contributed by atoms with E-state index in [1.54, 1.807) is 50.8 Å². The lowest BCUT2D eigenvalue weighted by molar-refractivity contribution is 0.102. The minimum absolute atomic E-state index is 0.0108. The van der Waals surface area contributed by atoms with E-state index < -0.39 is 15.7 Å². The summed E-state index contributed by atoms with van der Waals surface area (Å²) >= 11 is 1.25. The van der Waals surface area contributed by atoms with Crippen LogP contribution in [0.25, 0.3) is 11.3 Å². The number of rotatable bonds is 7. The van der Waals surface area contributed by atoms with E-state index in [9.17, 15) is 13.2 Å². The fourth-order valence-corrected chi connectivity index (χ4v) is 4.51. The monoisotopic (exact) mass is 432 g/mol. The molecule has 0 spiro atoms. The molecule has 0 aliphatic heterocycles. The Morgan fingerprint density at radius 2 is 1.83 bits per heavy atom. The summed E-state index contributed by atoms with van der Waals surface area (Å²) < 4.78 is 35.1. The van der Waals surface area contributed by atoms with Crippen LogP contribution in [0, 0.1) is 0 Å². The Kier molecular flexibility index (Phi) is 6.19. The Bertz CT molecular complexity index is 1140. The van der Waals surface area contributed by atoms with Gasteiger partial charge in [-0.1, -0.05) is 19.1 Å². The minimum atomic E-state index is -3.52. The number of carbonyl (C=O) groups excluding carboxylic acids is 1. The highest BCUT2D eigenvalue weighted by atomic mass is 32.2. The summed E-state index contributed by atoms with van der Waals surface area (Å²) in [6.07, 6.45) is 0. The molecular weight excluding hydrogens is 412 g/mol. The van der Waals surface area contributed by atoms with Crippen LogP contribution in [0.4, 0.5) is 5.13 Å². The van der Waals surface area contributed by atoms with E-state index in [1.807, 2.05) is 6.07 Å². The van der Waals surface area contributed by atoms with Crippen LogP contribution in [0.5, 0.6) is 11.5 Å². The molecule has 0 fully saturated rings. The smallest absolute Gasteiger partial charge is 0.258 e. The first-order valence-corrected chi connectivity index (χ1v) is 11.2. The molecule has 1 aromatic heterocycles. The summed E-state index contributed by atoms with van der Waals surface area (Å²) in [4.78, 5) is 17.1. The van der Waals surface area contributed by atoms with Crippen LogP contribution < -0.4 is 14.8 Å². The number of aromatic nitrogens is 1. The molecule has 1 heterocycles. The number of nitrogens with zero attached hydrogens (tertiary/aromatic N) is 1. The van der Waals surface area contributed by atoms with E-state index in [2.05, 4.69) is 10.3 Å². The van der Waals surface area contributed by atoms with Crippen LogP contribution in [0.2, 0.25) is 0 Å². The summed E-state index contributed by atoms with van der Waals surface area (Å²) in [6.45, 7) is 1.54. The van der Waals surface area contributed by atoms with Gasteiger partial charge in [0, 0.05) is 10.9 Å². The maximum atomic E-state index is 12.7. The quantitative estimate of drug-likeness (QED) is 0.609. The van der Waals surface area contributed by atoms with Crippen molar-refractivity contribution in [3.8, 4) is 22.8 Å². The van der Waals surface area contributed by atoms with Crippen molar-refractivity contribution < 1.29 is 22.7 Å². The number of methoxy groups -OCH3 is 2. The van der Waals surface area contributed by atoms with Crippen molar-refractivity contribution in [3.05, 3.63) is 53.4 Å². The Morgan fingerprint density at radius 3 is 2.52 bits per heavy atom. The van der Waals surface area contributed by atoms with Crippen molar-refractivity contribution >= 4 is 32.2 Å². The molecule has 0 saturated carbocycles. The van der Waals surface area contributed by atoms with Gasteiger partial charge in [0.15, 0.2) is 26.5 Å². The number of thiazole rings is 1. The van der Waals surface area contributed by atoms with Crippen LogP contribution in [0.1, 0.15) is 17.3 Å². The number of hydrogen-bond donors (Lipinski definition) is 1. The van der Waals surface area contributed by atoms with Crippen LogP contribution >= 0.6 is 11.3 Å². The Balaban J connectivity index is 1.86. The Labute approximate surface area is 173 Å². The van der Waals surface area contributed by atoms with Gasteiger partial charge in [0.2, 0.25) is 0 Å². The molecule has 0 atom stereocenters. The zero-order valence-corrected chi connectivity index (χ0v) is 17.8. The van der Waals surface area contributed by atoms with Crippen LogP contribution in [0.3, 0.4) is 0 Å². The standard InChI is InChI=1S/C20H20N2O5S2/c1-4-29(24,25)18-8-6-5-7-14(18)19(23)22-20-21-15(12-28-20)13-9-10-16(26-2)17(11-13)27-3/h5-12H,4H2,1-3H3,(H,21,22,23). The van der Waals surface area contributed by atoms with Gasteiger partial charge in [-0.2, -0.15) is 0 Å². The number of hydrogen-bond acceptors (Lipinski definition) is 7. The van der Waals surface area contributed by atoms with Crippen molar-refractivity contribution in [1.29, 1.82) is 0 Å². The van der Waals surface area contributed by atoms with E-state index in [0.29, 0.717) is 22.3 Å². The molecule has 0 bridgehead atoms. The predicted octanol–water partition coefficient (Wildman–Crippen LogP) is 3.87. The zero-order chi connectivity index (χ0) is 21.0. The Morgan fingerprint density at radius 1 is 1.10 bits per heavy atom. The van der Waals surface area contributed by atoms with Crippen molar-refractivity contribution in [2.24, 2.45) is 0 Å². The van der Waals surface area contributed by atoms with Crippen LogP contribution in [-0.4, -0.2) is 39.3 Å². The third kappa shape index (κ3) is 4.41. The van der Waals surface area contributed by atoms with Gasteiger partial charge in [0.1, 0.15) is 0 Å². The lowest BCUT2D eigenvalue weighted by Gasteiger charge is -2.09. The molecule has 0 aliphatic rings. The maximum Gasteiger partial charge on any atom is 0.258 e. The van der Waals surface area contributed by atoms with E-state index >= 15 is 0 Å². The molecule has 0 unspecified atom stereocenters. The molecule has 7 nitrogen and oxygen atoms in total. The van der Waals surface area contributed by atoms with Crippen molar-refractivity contribution in [2.75, 3.05) is 25.3 Å². The lowest BCUT2D eigenvalue weighted by Crippen LogP contribution is -2.17. The summed E-state index contributed by atoms with van der Waals surface area (Å²) in [5.74, 6) is 0.569. The number of nitrogens with one attached hydrogen (secondary N) is 1. The highest BCUT2D eigenvalue weighted by molar-refractivity contribution is 7.91. The van der Waals surface area contributed by atoms with Crippen LogP contribution in [-0.2, 0) is 9.84 Å². The number of benzene rings is 2. The SMILES string of the molecule is CCS(=O)(=O)c1ccccc1C(=O)Nc1nc(-c2ccc(OC)c(OC)c2)cs1. The molecule has 3 aromatic rings. The van der Waals surface area contributed by atoms with Gasteiger partial charge in [-0.05, 0) is 30.3 Å². The van der Waals surface area contributed by atoms with E-state index in [0.717, 1.165) is 5.56 Å². The highest BCUT2D eigenvalue weighted by Gasteiger charge is 2.21. The van der Waals surface area contributed by atoms with Gasteiger partial charge in [0.05, 0.1) is 36.1 Å². The summed E-state index contributed by atoms with van der Waals surface area (Å²) in [5.41, 5.74) is 1.55. The number of anilines is 1. The molecule has 0 radical (unpaired) electrons. The van der Waals surface area contributed by atoms with Gasteiger partial charge in [0.25, 0.3) is 5.91 Å². The minimum Gasteiger partial charge on any atom is -0.493 e. The topological polar surface area (TPSA) is 94.6 Å². The lowest BCUT2D eigenvalue weighted by atomic mass is 10.1. The molecule has 1 N–H and O–H groups in total. The fourth-order valence-electron chi connectivity index (χ4n) is 2.70. The first kappa shape index (κ1) is 20.8. The summed E-state index contributed by atoms with van der Waals surface area (Å²) in [7, 11) is -0.410. The first-order valence-electron chi connectivity index (χ1n) is 8.70. The summed E-state index contributed by atoms with van der Waals surface area (Å²) in [5, 5.41) is 4.85. The predicted molar refractivity (Wildman–Crippen MR) is 113 cm³/mol. The van der Waals surface area contributed by atoms with Crippen molar-refractivity contribution in [2.45, 2.75) is 11.8 Å². The van der Waals surface area contributed by atoms with Gasteiger partial charge >= 0.3 is 0 Å². The van der Waals surface area contributed by atoms with Gasteiger partial charge in [-0.3, -0.25) is 10.1 Å². The highest BCUT2D eigenvalue weighted by Crippen LogP contribution is 2.33. The second kappa shape index (κ2) is 8.62. The zero-order valence-electron chi connectivity index (χ0n) is 16.1. The second-order valence-electron chi connectivity index (χ2n) is 5.96. The van der Waals surface area contributed by atoms with Crippen LogP contribution in [0.15, 0.2) is 52.7 Å².